The average molecular weight is 253 g/mol. The van der Waals surface area contributed by atoms with Gasteiger partial charge in [0.1, 0.15) is 11.9 Å². The van der Waals surface area contributed by atoms with Crippen molar-refractivity contribution in [2.45, 2.75) is 13.5 Å². The smallest absolute Gasteiger partial charge is 0.165 e. The molecule has 96 valence electrons. The van der Waals surface area contributed by atoms with Crippen molar-refractivity contribution in [1.82, 2.24) is 9.97 Å². The van der Waals surface area contributed by atoms with Crippen molar-refractivity contribution in [3.05, 3.63) is 47.9 Å². The number of nitrogen functional groups attached to an aromatic ring is 1. The van der Waals surface area contributed by atoms with Gasteiger partial charge in [-0.25, -0.2) is 4.98 Å². The average Bonchev–Trinajstić information content (AvgIpc) is 2.46. The van der Waals surface area contributed by atoms with E-state index in [2.05, 4.69) is 14.9 Å². The SMILES string of the molecule is CCN(Cc1ccncc1)c1ccc(N)c(C#N)n1. The first kappa shape index (κ1) is 12.8. The van der Waals surface area contributed by atoms with Crippen molar-refractivity contribution in [2.75, 3.05) is 17.2 Å². The normalized spacial score (nSPS) is 9.89. The van der Waals surface area contributed by atoms with Gasteiger partial charge in [0.15, 0.2) is 5.69 Å². The van der Waals surface area contributed by atoms with Crippen LogP contribution in [0.3, 0.4) is 0 Å². The molecule has 5 heteroatoms. The van der Waals surface area contributed by atoms with Crippen molar-refractivity contribution in [2.24, 2.45) is 0 Å². The molecule has 0 radical (unpaired) electrons. The molecule has 0 fully saturated rings. The Morgan fingerprint density at radius 2 is 2.00 bits per heavy atom. The Morgan fingerprint density at radius 1 is 1.26 bits per heavy atom. The third kappa shape index (κ3) is 2.99. The standard InChI is InChI=1S/C14H15N5/c1-2-19(10-11-5-7-17-8-6-11)14-4-3-12(16)13(9-15)18-14/h3-8H,2,10,16H2,1H3. The molecule has 0 aliphatic carbocycles. The van der Waals surface area contributed by atoms with Crippen LogP contribution in [0, 0.1) is 11.3 Å². The molecule has 2 rings (SSSR count). The van der Waals surface area contributed by atoms with E-state index in [1.165, 1.54) is 0 Å². The molecule has 0 unspecified atom stereocenters. The maximum absolute atomic E-state index is 8.97. The van der Waals surface area contributed by atoms with Crippen molar-refractivity contribution in [1.29, 1.82) is 5.26 Å². The van der Waals surface area contributed by atoms with E-state index < -0.39 is 0 Å². The molecular formula is C14H15N5. The van der Waals surface area contributed by atoms with Gasteiger partial charge in [-0.2, -0.15) is 5.26 Å². The summed E-state index contributed by atoms with van der Waals surface area (Å²) in [5.74, 6) is 0.755. The maximum Gasteiger partial charge on any atom is 0.165 e. The van der Waals surface area contributed by atoms with Crippen molar-refractivity contribution in [3.8, 4) is 6.07 Å². The lowest BCUT2D eigenvalue weighted by Crippen LogP contribution is -2.23. The number of nitrogens with zero attached hydrogens (tertiary/aromatic N) is 4. The van der Waals surface area contributed by atoms with Gasteiger partial charge in [0.25, 0.3) is 0 Å². The van der Waals surface area contributed by atoms with Crippen LogP contribution in [0.1, 0.15) is 18.2 Å². The molecule has 0 spiro atoms. The fraction of sp³-hybridized carbons (Fsp3) is 0.214. The van der Waals surface area contributed by atoms with E-state index in [0.717, 1.165) is 24.5 Å². The quantitative estimate of drug-likeness (QED) is 0.901. The van der Waals surface area contributed by atoms with Crippen LogP contribution >= 0.6 is 0 Å². The van der Waals surface area contributed by atoms with Crippen molar-refractivity contribution in [3.63, 3.8) is 0 Å². The summed E-state index contributed by atoms with van der Waals surface area (Å²) >= 11 is 0. The van der Waals surface area contributed by atoms with Gasteiger partial charge in [0, 0.05) is 25.5 Å². The lowest BCUT2D eigenvalue weighted by molar-refractivity contribution is 0.811. The molecule has 0 amide bonds. The Labute approximate surface area is 112 Å². The third-order valence-corrected chi connectivity index (χ3v) is 2.85. The lowest BCUT2D eigenvalue weighted by Gasteiger charge is -2.22. The molecule has 2 aromatic heterocycles. The minimum Gasteiger partial charge on any atom is -0.396 e. The van der Waals surface area contributed by atoms with E-state index in [-0.39, 0.29) is 5.69 Å². The first-order valence-electron chi connectivity index (χ1n) is 6.05. The fourth-order valence-corrected chi connectivity index (χ4v) is 1.79. The Hall–Kier alpha value is -2.61. The number of hydrogen-bond donors (Lipinski definition) is 1. The fourth-order valence-electron chi connectivity index (χ4n) is 1.79. The van der Waals surface area contributed by atoms with Gasteiger partial charge in [-0.05, 0) is 36.8 Å². The number of nitrogens with two attached hydrogens (primary N) is 1. The highest BCUT2D eigenvalue weighted by Crippen LogP contribution is 2.18. The third-order valence-electron chi connectivity index (χ3n) is 2.85. The molecule has 2 aromatic rings. The van der Waals surface area contributed by atoms with Gasteiger partial charge in [-0.15, -0.1) is 0 Å². The number of hydrogen-bond acceptors (Lipinski definition) is 5. The number of aromatic nitrogens is 2. The van der Waals surface area contributed by atoms with E-state index in [9.17, 15) is 0 Å². The highest BCUT2D eigenvalue weighted by atomic mass is 15.2. The second-order valence-corrected chi connectivity index (χ2v) is 4.09. The zero-order chi connectivity index (χ0) is 13.7. The second-order valence-electron chi connectivity index (χ2n) is 4.09. The molecule has 0 aromatic carbocycles. The first-order chi connectivity index (χ1) is 9.24. The predicted octanol–water partition coefficient (Wildman–Crippen LogP) is 1.96. The summed E-state index contributed by atoms with van der Waals surface area (Å²) in [7, 11) is 0. The van der Waals surface area contributed by atoms with E-state index >= 15 is 0 Å². The van der Waals surface area contributed by atoms with Crippen LogP contribution in [0.25, 0.3) is 0 Å². The van der Waals surface area contributed by atoms with Gasteiger partial charge in [-0.1, -0.05) is 0 Å². The summed E-state index contributed by atoms with van der Waals surface area (Å²) in [6, 6.07) is 9.49. The van der Waals surface area contributed by atoms with Crippen molar-refractivity contribution >= 4 is 11.5 Å². The summed E-state index contributed by atoms with van der Waals surface area (Å²) in [5, 5.41) is 8.97. The predicted molar refractivity (Wildman–Crippen MR) is 74.3 cm³/mol. The highest BCUT2D eigenvalue weighted by molar-refractivity contribution is 5.55. The summed E-state index contributed by atoms with van der Waals surface area (Å²) in [4.78, 5) is 10.4. The van der Waals surface area contributed by atoms with Gasteiger partial charge in [0.05, 0.1) is 5.69 Å². The van der Waals surface area contributed by atoms with Gasteiger partial charge in [0.2, 0.25) is 0 Å². The Kier molecular flexibility index (Phi) is 3.94. The second kappa shape index (κ2) is 5.83. The number of rotatable bonds is 4. The first-order valence-corrected chi connectivity index (χ1v) is 6.05. The number of nitriles is 1. The zero-order valence-corrected chi connectivity index (χ0v) is 10.7. The molecule has 0 aliphatic heterocycles. The molecule has 5 nitrogen and oxygen atoms in total. The molecule has 2 heterocycles. The van der Waals surface area contributed by atoms with E-state index in [4.69, 9.17) is 11.0 Å². The summed E-state index contributed by atoms with van der Waals surface area (Å²) < 4.78 is 0. The Bertz CT molecular complexity index is 589. The Balaban J connectivity index is 2.25. The lowest BCUT2D eigenvalue weighted by atomic mass is 10.2. The molecule has 0 atom stereocenters. The topological polar surface area (TPSA) is 78.8 Å². The molecule has 0 saturated carbocycles. The zero-order valence-electron chi connectivity index (χ0n) is 10.7. The van der Waals surface area contributed by atoms with Crippen LogP contribution in [0.2, 0.25) is 0 Å². The molecule has 19 heavy (non-hydrogen) atoms. The van der Waals surface area contributed by atoms with Crippen LogP contribution < -0.4 is 10.6 Å². The van der Waals surface area contributed by atoms with Crippen LogP contribution in [-0.4, -0.2) is 16.5 Å². The number of pyridine rings is 2. The Morgan fingerprint density at radius 3 is 2.63 bits per heavy atom. The van der Waals surface area contributed by atoms with E-state index in [0.29, 0.717) is 5.69 Å². The number of anilines is 2. The minimum absolute atomic E-state index is 0.269. The maximum atomic E-state index is 8.97. The van der Waals surface area contributed by atoms with Crippen molar-refractivity contribution < 1.29 is 0 Å². The monoisotopic (exact) mass is 253 g/mol. The minimum atomic E-state index is 0.269. The molecular weight excluding hydrogens is 238 g/mol. The summed E-state index contributed by atoms with van der Waals surface area (Å²) in [5.41, 5.74) is 7.51. The molecule has 0 saturated heterocycles. The molecule has 2 N–H and O–H groups in total. The van der Waals surface area contributed by atoms with Gasteiger partial charge >= 0.3 is 0 Å². The van der Waals surface area contributed by atoms with Crippen LogP contribution in [-0.2, 0) is 6.54 Å². The van der Waals surface area contributed by atoms with Crippen LogP contribution in [0.5, 0.6) is 0 Å². The van der Waals surface area contributed by atoms with Crippen LogP contribution in [0.4, 0.5) is 11.5 Å². The molecule has 0 aliphatic rings. The van der Waals surface area contributed by atoms with E-state index in [1.807, 2.05) is 31.2 Å². The summed E-state index contributed by atoms with van der Waals surface area (Å²) in [6.07, 6.45) is 3.53. The van der Waals surface area contributed by atoms with Crippen LogP contribution in [0.15, 0.2) is 36.7 Å². The summed E-state index contributed by atoms with van der Waals surface area (Å²) in [6.45, 7) is 3.57. The van der Waals surface area contributed by atoms with E-state index in [1.54, 1.807) is 18.5 Å². The molecule has 0 bridgehead atoms. The van der Waals surface area contributed by atoms with Gasteiger partial charge < -0.3 is 10.6 Å². The largest absolute Gasteiger partial charge is 0.396 e. The van der Waals surface area contributed by atoms with Gasteiger partial charge in [-0.3, -0.25) is 4.98 Å². The highest BCUT2D eigenvalue weighted by Gasteiger charge is 2.09.